The van der Waals surface area contributed by atoms with Crippen LogP contribution < -0.4 is 0 Å². The topological polar surface area (TPSA) is 34.9 Å². The normalized spacial score (nSPS) is 10.4. The number of aryl methyl sites for hydroxylation is 2. The number of hydrogen-bond donors (Lipinski definition) is 0. The van der Waals surface area contributed by atoms with E-state index >= 15 is 0 Å². The highest BCUT2D eigenvalue weighted by Gasteiger charge is 2.04. The molecule has 0 N–H and O–H groups in total. The SMILES string of the molecule is Cc1ccc(Cn2nc(C)cc2C=O)cc1. The van der Waals surface area contributed by atoms with Crippen molar-refractivity contribution in [2.75, 3.05) is 0 Å². The van der Waals surface area contributed by atoms with Gasteiger partial charge in [0.1, 0.15) is 5.69 Å². The molecule has 1 aromatic heterocycles. The standard InChI is InChI=1S/C13H14N2O/c1-10-3-5-12(6-4-10)8-15-13(9-16)7-11(2)14-15/h3-7,9H,8H2,1-2H3. The number of aromatic nitrogens is 2. The van der Waals surface area contributed by atoms with Crippen LogP contribution in [0.25, 0.3) is 0 Å². The van der Waals surface area contributed by atoms with Crippen LogP contribution in [-0.4, -0.2) is 16.1 Å². The molecule has 0 unspecified atom stereocenters. The Labute approximate surface area is 94.7 Å². The molecule has 0 spiro atoms. The molecule has 0 bridgehead atoms. The van der Waals surface area contributed by atoms with Crippen LogP contribution in [0.5, 0.6) is 0 Å². The predicted molar refractivity (Wildman–Crippen MR) is 62.6 cm³/mol. The molecule has 0 amide bonds. The highest BCUT2D eigenvalue weighted by Crippen LogP contribution is 2.08. The lowest BCUT2D eigenvalue weighted by molar-refractivity contribution is 0.111. The molecule has 2 aromatic rings. The molecular weight excluding hydrogens is 200 g/mol. The van der Waals surface area contributed by atoms with E-state index in [2.05, 4.69) is 36.3 Å². The van der Waals surface area contributed by atoms with Gasteiger partial charge in [-0.15, -0.1) is 0 Å². The molecule has 16 heavy (non-hydrogen) atoms. The van der Waals surface area contributed by atoms with E-state index in [1.807, 2.05) is 6.92 Å². The number of benzene rings is 1. The number of nitrogens with zero attached hydrogens (tertiary/aromatic N) is 2. The summed E-state index contributed by atoms with van der Waals surface area (Å²) >= 11 is 0. The molecule has 82 valence electrons. The lowest BCUT2D eigenvalue weighted by Crippen LogP contribution is -2.05. The molecule has 0 aliphatic carbocycles. The maximum absolute atomic E-state index is 10.8. The molecule has 0 radical (unpaired) electrons. The van der Waals surface area contributed by atoms with Gasteiger partial charge in [0.15, 0.2) is 6.29 Å². The Morgan fingerprint density at radius 1 is 1.25 bits per heavy atom. The van der Waals surface area contributed by atoms with Gasteiger partial charge in [-0.3, -0.25) is 9.48 Å². The summed E-state index contributed by atoms with van der Waals surface area (Å²) in [6, 6.07) is 10.0. The van der Waals surface area contributed by atoms with Gasteiger partial charge in [-0.2, -0.15) is 5.10 Å². The van der Waals surface area contributed by atoms with E-state index in [9.17, 15) is 4.79 Å². The summed E-state index contributed by atoms with van der Waals surface area (Å²) in [4.78, 5) is 10.8. The Balaban J connectivity index is 2.26. The van der Waals surface area contributed by atoms with Gasteiger partial charge in [0.25, 0.3) is 0 Å². The minimum absolute atomic E-state index is 0.623. The number of carbonyl (C=O) groups is 1. The van der Waals surface area contributed by atoms with E-state index < -0.39 is 0 Å². The smallest absolute Gasteiger partial charge is 0.168 e. The maximum atomic E-state index is 10.8. The molecule has 3 nitrogen and oxygen atoms in total. The first-order chi connectivity index (χ1) is 7.69. The first-order valence-corrected chi connectivity index (χ1v) is 5.24. The first kappa shape index (κ1) is 10.6. The van der Waals surface area contributed by atoms with Crippen molar-refractivity contribution in [3.05, 3.63) is 52.8 Å². The monoisotopic (exact) mass is 214 g/mol. The van der Waals surface area contributed by atoms with Crippen molar-refractivity contribution in [1.82, 2.24) is 9.78 Å². The molecule has 0 fully saturated rings. The summed E-state index contributed by atoms with van der Waals surface area (Å²) in [6.45, 7) is 4.58. The van der Waals surface area contributed by atoms with Crippen LogP contribution in [0.3, 0.4) is 0 Å². The third kappa shape index (κ3) is 2.19. The largest absolute Gasteiger partial charge is 0.296 e. The van der Waals surface area contributed by atoms with Gasteiger partial charge < -0.3 is 0 Å². The van der Waals surface area contributed by atoms with Gasteiger partial charge in [-0.1, -0.05) is 29.8 Å². The van der Waals surface area contributed by atoms with Crippen molar-refractivity contribution in [1.29, 1.82) is 0 Å². The van der Waals surface area contributed by atoms with Crippen molar-refractivity contribution in [2.24, 2.45) is 0 Å². The van der Waals surface area contributed by atoms with Gasteiger partial charge >= 0.3 is 0 Å². The highest BCUT2D eigenvalue weighted by atomic mass is 16.1. The van der Waals surface area contributed by atoms with Gasteiger partial charge in [0.05, 0.1) is 12.2 Å². The van der Waals surface area contributed by atoms with Crippen molar-refractivity contribution >= 4 is 6.29 Å². The Morgan fingerprint density at radius 3 is 2.56 bits per heavy atom. The average molecular weight is 214 g/mol. The van der Waals surface area contributed by atoms with Gasteiger partial charge in [-0.05, 0) is 25.5 Å². The van der Waals surface area contributed by atoms with E-state index in [1.54, 1.807) is 10.7 Å². The molecular formula is C13H14N2O. The summed E-state index contributed by atoms with van der Waals surface area (Å²) in [7, 11) is 0. The molecule has 0 saturated carbocycles. The van der Waals surface area contributed by atoms with Crippen molar-refractivity contribution in [2.45, 2.75) is 20.4 Å². The van der Waals surface area contributed by atoms with Crippen LogP contribution in [0, 0.1) is 13.8 Å². The molecule has 1 aromatic carbocycles. The van der Waals surface area contributed by atoms with Crippen molar-refractivity contribution in [3.8, 4) is 0 Å². The second-order valence-electron chi connectivity index (χ2n) is 3.97. The van der Waals surface area contributed by atoms with Crippen LogP contribution in [0.1, 0.15) is 27.3 Å². The fourth-order valence-electron chi connectivity index (χ4n) is 1.65. The molecule has 0 aliphatic rings. The van der Waals surface area contributed by atoms with Crippen LogP contribution in [-0.2, 0) is 6.54 Å². The van der Waals surface area contributed by atoms with Crippen molar-refractivity contribution < 1.29 is 4.79 Å². The summed E-state index contributed by atoms with van der Waals surface area (Å²) in [5.74, 6) is 0. The average Bonchev–Trinajstić information content (AvgIpc) is 2.62. The first-order valence-electron chi connectivity index (χ1n) is 5.24. The zero-order valence-electron chi connectivity index (χ0n) is 9.47. The van der Waals surface area contributed by atoms with E-state index in [-0.39, 0.29) is 0 Å². The predicted octanol–water partition coefficient (Wildman–Crippen LogP) is 2.36. The zero-order valence-corrected chi connectivity index (χ0v) is 9.47. The lowest BCUT2D eigenvalue weighted by atomic mass is 10.1. The second-order valence-corrected chi connectivity index (χ2v) is 3.97. The second kappa shape index (κ2) is 4.31. The Morgan fingerprint density at radius 2 is 1.94 bits per heavy atom. The van der Waals surface area contributed by atoms with Crippen LogP contribution in [0.4, 0.5) is 0 Å². The molecule has 3 heteroatoms. The minimum Gasteiger partial charge on any atom is -0.296 e. The van der Waals surface area contributed by atoms with Gasteiger partial charge in [-0.25, -0.2) is 0 Å². The summed E-state index contributed by atoms with van der Waals surface area (Å²) in [5.41, 5.74) is 3.88. The molecule has 0 atom stereocenters. The molecule has 0 saturated heterocycles. The Hall–Kier alpha value is -1.90. The number of rotatable bonds is 3. The number of hydrogen-bond acceptors (Lipinski definition) is 2. The van der Waals surface area contributed by atoms with E-state index in [1.165, 1.54) is 5.56 Å². The Kier molecular flexibility index (Phi) is 2.86. The third-order valence-corrected chi connectivity index (χ3v) is 2.51. The molecule has 2 rings (SSSR count). The quantitative estimate of drug-likeness (QED) is 0.735. The zero-order chi connectivity index (χ0) is 11.5. The maximum Gasteiger partial charge on any atom is 0.168 e. The van der Waals surface area contributed by atoms with Crippen LogP contribution in [0.2, 0.25) is 0 Å². The fraction of sp³-hybridized carbons (Fsp3) is 0.231. The molecule has 1 heterocycles. The minimum atomic E-state index is 0.623. The number of carbonyl (C=O) groups excluding carboxylic acids is 1. The van der Waals surface area contributed by atoms with E-state index in [0.717, 1.165) is 17.5 Å². The summed E-state index contributed by atoms with van der Waals surface area (Å²) in [6.07, 6.45) is 0.841. The third-order valence-electron chi connectivity index (χ3n) is 2.51. The van der Waals surface area contributed by atoms with E-state index in [4.69, 9.17) is 0 Å². The van der Waals surface area contributed by atoms with Crippen LogP contribution in [0.15, 0.2) is 30.3 Å². The van der Waals surface area contributed by atoms with Gasteiger partial charge in [0.2, 0.25) is 0 Å². The summed E-state index contributed by atoms with van der Waals surface area (Å²) in [5, 5.41) is 4.28. The van der Waals surface area contributed by atoms with Crippen LogP contribution >= 0.6 is 0 Å². The molecule has 0 aliphatic heterocycles. The number of aldehydes is 1. The van der Waals surface area contributed by atoms with E-state index in [0.29, 0.717) is 12.2 Å². The highest BCUT2D eigenvalue weighted by molar-refractivity contribution is 5.72. The van der Waals surface area contributed by atoms with Gasteiger partial charge in [0, 0.05) is 0 Å². The lowest BCUT2D eigenvalue weighted by Gasteiger charge is -2.04. The summed E-state index contributed by atoms with van der Waals surface area (Å²) < 4.78 is 1.73. The van der Waals surface area contributed by atoms with Crippen molar-refractivity contribution in [3.63, 3.8) is 0 Å². The Bertz CT molecular complexity index is 497. The fourth-order valence-corrected chi connectivity index (χ4v) is 1.65.